The summed E-state index contributed by atoms with van der Waals surface area (Å²) in [5.41, 5.74) is 2.04. The number of rotatable bonds is 4. The van der Waals surface area contributed by atoms with Gasteiger partial charge in [0.05, 0.1) is 0 Å². The largest absolute Gasteiger partial charge is 0.334 e. The van der Waals surface area contributed by atoms with E-state index in [9.17, 15) is 19.2 Å². The molecule has 3 heterocycles. The van der Waals surface area contributed by atoms with Gasteiger partial charge in [0.1, 0.15) is 12.1 Å². The van der Waals surface area contributed by atoms with Crippen molar-refractivity contribution in [2.24, 2.45) is 0 Å². The molecule has 9 heteroatoms. The Bertz CT molecular complexity index is 1170. The standard InChI is InChI=1S/C25H28N4O4S/c1-16-18(22(31)28-12-8-20-17(14-28)9-13-34-20)6-5-7-19(16)26-21(30)15-29-23(32)25(27-24(29)33)10-3-2-4-11-25/h5-7,9,13H,2-4,8,10-12,14-15H2,1H3,(H,26,30)(H,27,33). The molecule has 1 aromatic carbocycles. The third kappa shape index (κ3) is 3.98. The number of anilines is 1. The maximum Gasteiger partial charge on any atom is 0.325 e. The minimum atomic E-state index is -0.853. The Morgan fingerprint density at radius 2 is 1.94 bits per heavy atom. The zero-order valence-corrected chi connectivity index (χ0v) is 20.0. The van der Waals surface area contributed by atoms with Gasteiger partial charge in [-0.15, -0.1) is 11.3 Å². The summed E-state index contributed by atoms with van der Waals surface area (Å²) in [6.45, 7) is 2.70. The average Bonchev–Trinajstić information content (AvgIpc) is 3.39. The van der Waals surface area contributed by atoms with Crippen molar-refractivity contribution >= 4 is 40.8 Å². The van der Waals surface area contributed by atoms with Gasteiger partial charge in [-0.05, 0) is 60.9 Å². The van der Waals surface area contributed by atoms with Gasteiger partial charge in [-0.2, -0.15) is 0 Å². The predicted molar refractivity (Wildman–Crippen MR) is 129 cm³/mol. The van der Waals surface area contributed by atoms with Crippen LogP contribution in [0.2, 0.25) is 0 Å². The second-order valence-corrected chi connectivity index (χ2v) is 10.3. The molecule has 1 aliphatic carbocycles. The van der Waals surface area contributed by atoms with Crippen LogP contribution < -0.4 is 10.6 Å². The first kappa shape index (κ1) is 22.6. The average molecular weight is 481 g/mol. The summed E-state index contributed by atoms with van der Waals surface area (Å²) < 4.78 is 0. The number of nitrogens with zero attached hydrogens (tertiary/aromatic N) is 2. The minimum absolute atomic E-state index is 0.0706. The van der Waals surface area contributed by atoms with Crippen LogP contribution in [0.25, 0.3) is 0 Å². The van der Waals surface area contributed by atoms with Gasteiger partial charge in [0.2, 0.25) is 5.91 Å². The lowest BCUT2D eigenvalue weighted by molar-refractivity contribution is -0.134. The highest BCUT2D eigenvalue weighted by atomic mass is 32.1. The Balaban J connectivity index is 1.27. The molecule has 2 aliphatic heterocycles. The van der Waals surface area contributed by atoms with E-state index in [0.717, 1.165) is 30.6 Å². The van der Waals surface area contributed by atoms with Crippen molar-refractivity contribution < 1.29 is 19.2 Å². The van der Waals surface area contributed by atoms with Crippen LogP contribution in [-0.4, -0.2) is 52.2 Å². The van der Waals surface area contributed by atoms with Crippen molar-refractivity contribution in [2.75, 3.05) is 18.4 Å². The second kappa shape index (κ2) is 8.87. The number of carbonyl (C=O) groups excluding carboxylic acids is 4. The highest BCUT2D eigenvalue weighted by Gasteiger charge is 2.51. The zero-order valence-electron chi connectivity index (χ0n) is 19.2. The molecule has 178 valence electrons. The Kier molecular flexibility index (Phi) is 5.89. The monoisotopic (exact) mass is 480 g/mol. The molecular formula is C25H28N4O4S. The van der Waals surface area contributed by atoms with Crippen molar-refractivity contribution in [3.8, 4) is 0 Å². The first-order valence-electron chi connectivity index (χ1n) is 11.8. The predicted octanol–water partition coefficient (Wildman–Crippen LogP) is 3.45. The number of fused-ring (bicyclic) bond motifs is 1. The summed E-state index contributed by atoms with van der Waals surface area (Å²) in [5, 5.41) is 7.68. The van der Waals surface area contributed by atoms with E-state index in [-0.39, 0.29) is 18.4 Å². The van der Waals surface area contributed by atoms with Crippen molar-refractivity contribution in [3.63, 3.8) is 0 Å². The highest BCUT2D eigenvalue weighted by Crippen LogP contribution is 2.33. The number of hydrogen-bond donors (Lipinski definition) is 2. The number of hydrogen-bond acceptors (Lipinski definition) is 5. The SMILES string of the molecule is Cc1c(NC(=O)CN2C(=O)NC3(CCCCC3)C2=O)cccc1C(=O)N1CCc2sccc2C1. The van der Waals surface area contributed by atoms with Gasteiger partial charge in [-0.3, -0.25) is 19.3 Å². The molecule has 1 saturated heterocycles. The van der Waals surface area contributed by atoms with Crippen molar-refractivity contribution in [1.82, 2.24) is 15.1 Å². The molecule has 0 bridgehead atoms. The Morgan fingerprint density at radius 3 is 2.74 bits per heavy atom. The number of imide groups is 1. The Labute approximate surface area is 202 Å². The van der Waals surface area contributed by atoms with Crippen LogP contribution in [0.1, 0.15) is 58.5 Å². The molecule has 5 rings (SSSR count). The van der Waals surface area contributed by atoms with E-state index >= 15 is 0 Å². The first-order valence-corrected chi connectivity index (χ1v) is 12.6. The van der Waals surface area contributed by atoms with Crippen LogP contribution in [0.5, 0.6) is 0 Å². The maximum absolute atomic E-state index is 13.2. The molecule has 1 saturated carbocycles. The molecule has 5 amide bonds. The Hall–Kier alpha value is -3.20. The molecule has 8 nitrogen and oxygen atoms in total. The van der Waals surface area contributed by atoms with Gasteiger partial charge < -0.3 is 15.5 Å². The molecule has 0 atom stereocenters. The minimum Gasteiger partial charge on any atom is -0.334 e. The van der Waals surface area contributed by atoms with Crippen LogP contribution in [0.4, 0.5) is 10.5 Å². The van der Waals surface area contributed by atoms with Crippen LogP contribution in [0.15, 0.2) is 29.6 Å². The second-order valence-electron chi connectivity index (χ2n) is 9.34. The number of nitrogens with one attached hydrogen (secondary N) is 2. The van der Waals surface area contributed by atoms with Gasteiger partial charge in [0.25, 0.3) is 11.8 Å². The van der Waals surface area contributed by atoms with Crippen LogP contribution >= 0.6 is 11.3 Å². The highest BCUT2D eigenvalue weighted by molar-refractivity contribution is 7.10. The van der Waals surface area contributed by atoms with Crippen LogP contribution in [0.3, 0.4) is 0 Å². The van der Waals surface area contributed by atoms with E-state index in [1.165, 1.54) is 10.4 Å². The Morgan fingerprint density at radius 1 is 1.15 bits per heavy atom. The molecular weight excluding hydrogens is 452 g/mol. The summed E-state index contributed by atoms with van der Waals surface area (Å²) in [7, 11) is 0. The van der Waals surface area contributed by atoms with Crippen LogP contribution in [0, 0.1) is 6.92 Å². The van der Waals surface area contributed by atoms with E-state index < -0.39 is 17.5 Å². The van der Waals surface area contributed by atoms with Crippen molar-refractivity contribution in [3.05, 3.63) is 51.2 Å². The third-order valence-electron chi connectivity index (χ3n) is 7.19. The molecule has 1 aromatic heterocycles. The quantitative estimate of drug-likeness (QED) is 0.655. The zero-order chi connectivity index (χ0) is 23.9. The van der Waals surface area contributed by atoms with E-state index in [1.54, 1.807) is 36.5 Å². The van der Waals surface area contributed by atoms with Crippen molar-refractivity contribution in [1.29, 1.82) is 0 Å². The van der Waals surface area contributed by atoms with E-state index in [0.29, 0.717) is 42.7 Å². The number of thiophene rings is 1. The molecule has 0 radical (unpaired) electrons. The lowest BCUT2D eigenvalue weighted by atomic mass is 9.82. The molecule has 2 fully saturated rings. The molecule has 0 unspecified atom stereocenters. The number of urea groups is 1. The smallest absolute Gasteiger partial charge is 0.325 e. The lowest BCUT2D eigenvalue weighted by Gasteiger charge is -2.30. The molecule has 2 N–H and O–H groups in total. The summed E-state index contributed by atoms with van der Waals surface area (Å²) in [6, 6.07) is 6.78. The maximum atomic E-state index is 13.2. The van der Waals surface area contributed by atoms with Crippen molar-refractivity contribution in [2.45, 2.75) is 57.5 Å². The van der Waals surface area contributed by atoms with E-state index in [2.05, 4.69) is 22.1 Å². The van der Waals surface area contributed by atoms with E-state index in [4.69, 9.17) is 0 Å². The molecule has 1 spiro atoms. The fourth-order valence-corrected chi connectivity index (χ4v) is 6.13. The first-order chi connectivity index (χ1) is 16.4. The summed E-state index contributed by atoms with van der Waals surface area (Å²) in [4.78, 5) is 55.6. The summed E-state index contributed by atoms with van der Waals surface area (Å²) in [6.07, 6.45) is 4.89. The summed E-state index contributed by atoms with van der Waals surface area (Å²) >= 11 is 1.73. The summed E-state index contributed by atoms with van der Waals surface area (Å²) in [5.74, 6) is -0.852. The molecule has 34 heavy (non-hydrogen) atoms. The number of amides is 5. The van der Waals surface area contributed by atoms with Gasteiger partial charge >= 0.3 is 6.03 Å². The van der Waals surface area contributed by atoms with Gasteiger partial charge in [-0.25, -0.2) is 4.79 Å². The molecule has 2 aromatic rings. The topological polar surface area (TPSA) is 98.8 Å². The number of carbonyl (C=O) groups is 4. The van der Waals surface area contributed by atoms with Crippen LogP contribution in [-0.2, 0) is 22.6 Å². The fraction of sp³-hybridized carbons (Fsp3) is 0.440. The fourth-order valence-electron chi connectivity index (χ4n) is 5.24. The van der Waals surface area contributed by atoms with Gasteiger partial charge in [-0.1, -0.05) is 25.3 Å². The lowest BCUT2D eigenvalue weighted by Crippen LogP contribution is -2.48. The van der Waals surface area contributed by atoms with Gasteiger partial charge in [0.15, 0.2) is 0 Å². The normalized spacial score (nSPS) is 19.2. The van der Waals surface area contributed by atoms with Gasteiger partial charge in [0, 0.05) is 29.2 Å². The number of benzene rings is 1. The third-order valence-corrected chi connectivity index (χ3v) is 8.21. The molecule has 3 aliphatic rings. The van der Waals surface area contributed by atoms with E-state index in [1.807, 2.05) is 4.90 Å².